The molecule has 8 unspecified atom stereocenters. The predicted molar refractivity (Wildman–Crippen MR) is 269 cm³/mol. The summed E-state index contributed by atoms with van der Waals surface area (Å²) in [5.41, 5.74) is 2.63. The van der Waals surface area contributed by atoms with Crippen LogP contribution in [0.1, 0.15) is 106 Å². The van der Waals surface area contributed by atoms with E-state index < -0.39 is 108 Å². The third-order valence-corrected chi connectivity index (χ3v) is 16.5. The van der Waals surface area contributed by atoms with Crippen molar-refractivity contribution in [2.45, 2.75) is 192 Å². The Bertz CT molecular complexity index is 2330. The quantitative estimate of drug-likeness (QED) is 0.155. The number of methoxy groups -OCH3 is 2. The fourth-order valence-corrected chi connectivity index (χ4v) is 12.2. The summed E-state index contributed by atoms with van der Waals surface area (Å²) in [7, 11) is 6.87. The van der Waals surface area contributed by atoms with Gasteiger partial charge in [-0.25, -0.2) is 15.2 Å². The number of esters is 1. The van der Waals surface area contributed by atoms with Crippen LogP contribution in [-0.2, 0) is 60.6 Å². The standard InChI is InChI=1S/C55H82N4O13/c1-15-42-55(10)47(59(52(64)72-55)56-28-38-30-58(29-37-21-17-16-18-22-37)40-24-20-19-23-39(38)40)33(4)44(60)31(2)26-54(9,66-14)49(71-51-45(61)41(57(11)12)25-32(3)67-51)34(5)46(35(6)50(63)69-42)70-43-27-53(8,65-13)48(62)36(7)68-43/h16-24,30-36,41-43,45-49,51,56,61-62H,15,25-29H2,1-14H3/t31-,32?,33+,34+,35-,36?,41?,42-,43?,45?,46+,47-,48?,49-,51?,53?,54-,55-/m1/s1. The van der Waals surface area contributed by atoms with Gasteiger partial charge in [-0.1, -0.05) is 76.2 Å². The van der Waals surface area contributed by atoms with Gasteiger partial charge in [0.05, 0.1) is 41.5 Å². The number of ether oxygens (including phenoxy) is 8. The summed E-state index contributed by atoms with van der Waals surface area (Å²) in [6.07, 6.45) is -5.77. The first-order valence-corrected chi connectivity index (χ1v) is 25.9. The first kappa shape index (κ1) is 55.7. The number of aliphatic hydroxyl groups is 2. The van der Waals surface area contributed by atoms with Gasteiger partial charge in [-0.2, -0.15) is 0 Å². The Morgan fingerprint density at radius 1 is 0.847 bits per heavy atom. The van der Waals surface area contributed by atoms with E-state index in [2.05, 4.69) is 34.4 Å². The summed E-state index contributed by atoms with van der Waals surface area (Å²) >= 11 is 0. The summed E-state index contributed by atoms with van der Waals surface area (Å²) in [6.45, 7) is 19.0. The first-order chi connectivity index (χ1) is 34.0. The summed E-state index contributed by atoms with van der Waals surface area (Å²) in [5, 5.41) is 25.5. The molecule has 4 fully saturated rings. The number of fused-ring (bicyclic) bond motifs is 2. The number of para-hydroxylation sites is 1. The number of nitrogens with one attached hydrogen (secondary N) is 1. The highest BCUT2D eigenvalue weighted by Gasteiger charge is 2.61. The molecule has 5 heterocycles. The van der Waals surface area contributed by atoms with E-state index in [1.165, 1.54) is 12.1 Å². The average Bonchev–Trinajstić information content (AvgIpc) is 3.83. The van der Waals surface area contributed by atoms with E-state index in [0.29, 0.717) is 13.0 Å². The molecule has 17 nitrogen and oxygen atoms in total. The molecular weight excluding hydrogens is 925 g/mol. The van der Waals surface area contributed by atoms with E-state index in [0.717, 1.165) is 22.0 Å². The molecule has 3 aromatic rings. The van der Waals surface area contributed by atoms with Gasteiger partial charge in [-0.05, 0) is 92.1 Å². The Morgan fingerprint density at radius 2 is 1.51 bits per heavy atom. The normalized spacial score (nSPS) is 39.4. The number of amides is 1. The molecule has 0 saturated carbocycles. The van der Waals surface area contributed by atoms with Crippen LogP contribution < -0.4 is 5.43 Å². The maximum Gasteiger partial charge on any atom is 0.425 e. The molecule has 7 rings (SSSR count). The van der Waals surface area contributed by atoms with Crippen molar-refractivity contribution in [2.75, 3.05) is 28.3 Å². The number of carbonyl (C=O) groups excluding carboxylic acids is 3. The number of cyclic esters (lactones) is 1. The number of likely N-dealkylation sites (N-methyl/N-ethyl adjacent to an activating group) is 1. The highest BCUT2D eigenvalue weighted by Crippen LogP contribution is 2.44. The molecule has 1 amide bonds. The highest BCUT2D eigenvalue weighted by molar-refractivity contribution is 5.86. The van der Waals surface area contributed by atoms with Crippen LogP contribution in [0.25, 0.3) is 10.9 Å². The second kappa shape index (κ2) is 22.5. The molecule has 4 aliphatic heterocycles. The number of aliphatic hydroxyl groups excluding tert-OH is 2. The molecule has 4 saturated heterocycles. The van der Waals surface area contributed by atoms with Crippen LogP contribution in [-0.4, -0.2) is 155 Å². The van der Waals surface area contributed by atoms with Crippen molar-refractivity contribution >= 4 is 28.7 Å². The molecule has 0 spiro atoms. The molecule has 17 heteroatoms. The third-order valence-electron chi connectivity index (χ3n) is 16.5. The molecule has 18 atom stereocenters. The van der Waals surface area contributed by atoms with Crippen molar-refractivity contribution in [3.63, 3.8) is 0 Å². The van der Waals surface area contributed by atoms with Gasteiger partial charge in [-0.3, -0.25) is 9.59 Å². The van der Waals surface area contributed by atoms with E-state index >= 15 is 9.59 Å². The zero-order chi connectivity index (χ0) is 52.6. The molecule has 0 aliphatic carbocycles. The minimum atomic E-state index is -1.51. The van der Waals surface area contributed by atoms with Gasteiger partial charge in [0, 0.05) is 74.6 Å². The molecule has 0 radical (unpaired) electrons. The number of nitrogens with zero attached hydrogens (tertiary/aromatic N) is 3. The van der Waals surface area contributed by atoms with Gasteiger partial charge in [0.1, 0.15) is 30.1 Å². The second-order valence-electron chi connectivity index (χ2n) is 21.9. The molecule has 1 aromatic heterocycles. The Hall–Kier alpha value is -4.01. The van der Waals surface area contributed by atoms with Crippen LogP contribution in [0.4, 0.5) is 4.79 Å². The number of ketones is 1. The van der Waals surface area contributed by atoms with Crippen LogP contribution in [0, 0.1) is 23.7 Å². The van der Waals surface area contributed by atoms with Gasteiger partial charge in [0.25, 0.3) is 0 Å². The van der Waals surface area contributed by atoms with E-state index in [4.69, 9.17) is 37.9 Å². The number of hydrazine groups is 1. The van der Waals surface area contributed by atoms with Crippen molar-refractivity contribution < 1.29 is 62.5 Å². The Morgan fingerprint density at radius 3 is 2.17 bits per heavy atom. The van der Waals surface area contributed by atoms with E-state index in [9.17, 15) is 15.0 Å². The maximum absolute atomic E-state index is 15.3. The number of hydrogen-bond acceptors (Lipinski definition) is 15. The van der Waals surface area contributed by atoms with E-state index in [1.807, 2.05) is 90.0 Å². The van der Waals surface area contributed by atoms with Crippen molar-refractivity contribution in [3.05, 3.63) is 71.9 Å². The largest absolute Gasteiger partial charge is 0.458 e. The van der Waals surface area contributed by atoms with Crippen LogP contribution in [0.3, 0.4) is 0 Å². The van der Waals surface area contributed by atoms with Gasteiger partial charge in [0.15, 0.2) is 18.2 Å². The average molecular weight is 1010 g/mol. The number of rotatable bonds is 13. The lowest BCUT2D eigenvalue weighted by atomic mass is 9.73. The zero-order valence-electron chi connectivity index (χ0n) is 44.9. The van der Waals surface area contributed by atoms with Crippen LogP contribution >= 0.6 is 0 Å². The number of carbonyl (C=O) groups is 3. The fraction of sp³-hybridized carbons (Fsp3) is 0.691. The minimum absolute atomic E-state index is 0.118. The van der Waals surface area contributed by atoms with Crippen LogP contribution in [0.15, 0.2) is 60.8 Å². The number of aromatic nitrogens is 1. The van der Waals surface area contributed by atoms with Gasteiger partial charge in [-0.15, -0.1) is 0 Å². The Balaban J connectivity index is 1.29. The first-order valence-electron chi connectivity index (χ1n) is 25.9. The molecule has 400 valence electrons. The van der Waals surface area contributed by atoms with Gasteiger partial charge >= 0.3 is 12.1 Å². The minimum Gasteiger partial charge on any atom is -0.458 e. The van der Waals surface area contributed by atoms with E-state index in [1.54, 1.807) is 41.7 Å². The number of Topliss-reactive ketones (excluding diaryl/α,β-unsaturated/α-hetero) is 1. The molecule has 72 heavy (non-hydrogen) atoms. The highest BCUT2D eigenvalue weighted by atomic mass is 16.7. The van der Waals surface area contributed by atoms with Crippen molar-refractivity contribution in [3.8, 4) is 0 Å². The summed E-state index contributed by atoms with van der Waals surface area (Å²) in [5.74, 6) is -4.14. The molecular formula is C55H82N4O13. The van der Waals surface area contributed by atoms with Crippen LogP contribution in [0.5, 0.6) is 0 Å². The number of benzene rings is 2. The van der Waals surface area contributed by atoms with E-state index in [-0.39, 0.29) is 43.7 Å². The van der Waals surface area contributed by atoms with Gasteiger partial charge < -0.3 is 57.6 Å². The topological polar surface area (TPSA) is 189 Å². The SMILES string of the molecule is CC[C@H]1OC(=O)[C@H](C)[C@@H](OC2CC(C)(OC)C(O)C(C)O2)[C@H](C)[C@@H](OC2OC(C)CC(N(C)C)C2O)[C@](C)(OC)C[C@@H](C)C(=O)[C@H](C)[C@H]2N(NCc3cn(Cc4ccccc4)c4ccccc34)C(=O)O[C@]12C. The zero-order valence-corrected chi connectivity index (χ0v) is 44.9. The van der Waals surface area contributed by atoms with Crippen molar-refractivity contribution in [1.82, 2.24) is 19.9 Å². The van der Waals surface area contributed by atoms with Crippen molar-refractivity contribution in [2.24, 2.45) is 23.7 Å². The lowest BCUT2D eigenvalue weighted by Gasteiger charge is -2.50. The van der Waals surface area contributed by atoms with Crippen molar-refractivity contribution in [1.29, 1.82) is 0 Å². The summed E-state index contributed by atoms with van der Waals surface area (Å²) in [4.78, 5) is 46.7. The van der Waals surface area contributed by atoms with Gasteiger partial charge in [0.2, 0.25) is 0 Å². The monoisotopic (exact) mass is 1010 g/mol. The smallest absolute Gasteiger partial charge is 0.425 e. The summed E-state index contributed by atoms with van der Waals surface area (Å²) < 4.78 is 54.1. The molecule has 4 aliphatic rings. The maximum atomic E-state index is 15.3. The molecule has 0 bridgehead atoms. The predicted octanol–water partition coefficient (Wildman–Crippen LogP) is 6.62. The molecule has 3 N–H and O–H groups in total. The number of hydrogen-bond donors (Lipinski definition) is 3. The Labute approximate surface area is 426 Å². The Kier molecular flexibility index (Phi) is 17.4. The fourth-order valence-electron chi connectivity index (χ4n) is 12.2. The lowest BCUT2D eigenvalue weighted by molar-refractivity contribution is -0.319. The lowest BCUT2D eigenvalue weighted by Crippen LogP contribution is -2.62. The summed E-state index contributed by atoms with van der Waals surface area (Å²) in [6, 6.07) is 17.0. The van der Waals surface area contributed by atoms with Crippen LogP contribution in [0.2, 0.25) is 0 Å². The third kappa shape index (κ3) is 11.0. The molecule has 2 aromatic carbocycles. The second-order valence-corrected chi connectivity index (χ2v) is 21.9.